The van der Waals surface area contributed by atoms with Gasteiger partial charge in [-0.15, -0.1) is 0 Å². The summed E-state index contributed by atoms with van der Waals surface area (Å²) >= 11 is 0. The van der Waals surface area contributed by atoms with Crippen LogP contribution in [0.15, 0.2) is 0 Å². The summed E-state index contributed by atoms with van der Waals surface area (Å²) in [6.07, 6.45) is 3.81. The first-order chi connectivity index (χ1) is 5.20. The third kappa shape index (κ3) is 5.85. The molecule has 0 saturated carbocycles. The molecule has 0 heterocycles. The second-order valence-electron chi connectivity index (χ2n) is 2.80. The number of nitrogens with one attached hydrogen (secondary N) is 1. The molecule has 0 saturated heterocycles. The van der Waals surface area contributed by atoms with E-state index in [1.54, 1.807) is 0 Å². The van der Waals surface area contributed by atoms with Crippen molar-refractivity contribution in [2.24, 2.45) is 5.73 Å². The minimum Gasteiger partial charge on any atom is -0.370 e. The van der Waals surface area contributed by atoms with Gasteiger partial charge in [-0.05, 0) is 13.5 Å². The fourth-order valence-corrected chi connectivity index (χ4v) is 1.04. The van der Waals surface area contributed by atoms with Crippen LogP contribution in [0.4, 0.5) is 0 Å². The molecule has 0 radical (unpaired) electrons. The summed E-state index contributed by atoms with van der Waals surface area (Å²) in [5, 5.41) is 3.07. The monoisotopic (exact) mass is 158 g/mol. The number of hydrogen-bond donors (Lipinski definition) is 2. The van der Waals surface area contributed by atoms with Crippen molar-refractivity contribution < 1.29 is 4.79 Å². The van der Waals surface area contributed by atoms with Gasteiger partial charge in [-0.1, -0.05) is 19.8 Å². The van der Waals surface area contributed by atoms with Crippen LogP contribution in [0.2, 0.25) is 0 Å². The Bertz CT molecular complexity index is 115. The summed E-state index contributed by atoms with van der Waals surface area (Å²) in [5.41, 5.74) is 5.06. The van der Waals surface area contributed by atoms with Crippen molar-refractivity contribution in [2.75, 3.05) is 7.05 Å². The number of unbranched alkanes of at least 4 members (excludes halogenated alkanes) is 1. The topological polar surface area (TPSA) is 55.1 Å². The second-order valence-corrected chi connectivity index (χ2v) is 2.80. The van der Waals surface area contributed by atoms with Gasteiger partial charge in [0.15, 0.2) is 0 Å². The molecule has 0 rings (SSSR count). The van der Waals surface area contributed by atoms with Crippen molar-refractivity contribution in [2.45, 2.75) is 38.6 Å². The normalized spacial score (nSPS) is 12.9. The van der Waals surface area contributed by atoms with Gasteiger partial charge < -0.3 is 11.1 Å². The molecule has 66 valence electrons. The quantitative estimate of drug-likeness (QED) is 0.596. The highest BCUT2D eigenvalue weighted by atomic mass is 16.1. The highest BCUT2D eigenvalue weighted by Crippen LogP contribution is 2.02. The molecule has 0 bridgehead atoms. The highest BCUT2D eigenvalue weighted by Gasteiger charge is 2.07. The van der Waals surface area contributed by atoms with E-state index in [4.69, 9.17) is 5.73 Å². The molecule has 0 aliphatic heterocycles. The Morgan fingerprint density at radius 1 is 1.64 bits per heavy atom. The van der Waals surface area contributed by atoms with Crippen LogP contribution in [0.25, 0.3) is 0 Å². The Kier molecular flexibility index (Phi) is 5.84. The number of primary amides is 1. The molecular weight excluding hydrogens is 140 g/mol. The molecule has 0 aromatic rings. The zero-order valence-electron chi connectivity index (χ0n) is 7.39. The fourth-order valence-electron chi connectivity index (χ4n) is 1.04. The Morgan fingerprint density at radius 3 is 2.64 bits per heavy atom. The maximum Gasteiger partial charge on any atom is 0.218 e. The van der Waals surface area contributed by atoms with E-state index in [1.165, 1.54) is 0 Å². The van der Waals surface area contributed by atoms with Gasteiger partial charge in [0.2, 0.25) is 5.91 Å². The number of nitrogens with two attached hydrogens (primary N) is 1. The predicted octanol–water partition coefficient (Wildman–Crippen LogP) is 0.640. The molecule has 0 aromatic heterocycles. The Morgan fingerprint density at radius 2 is 2.27 bits per heavy atom. The lowest BCUT2D eigenvalue weighted by atomic mass is 10.1. The van der Waals surface area contributed by atoms with Gasteiger partial charge in [0, 0.05) is 12.5 Å². The van der Waals surface area contributed by atoms with Crippen molar-refractivity contribution in [1.29, 1.82) is 0 Å². The minimum absolute atomic E-state index is 0.222. The summed E-state index contributed by atoms with van der Waals surface area (Å²) in [4.78, 5) is 10.5. The molecular formula is C8H18N2O. The van der Waals surface area contributed by atoms with Crippen molar-refractivity contribution in [1.82, 2.24) is 5.32 Å². The smallest absolute Gasteiger partial charge is 0.218 e. The molecule has 1 atom stereocenters. The van der Waals surface area contributed by atoms with E-state index in [-0.39, 0.29) is 11.9 Å². The lowest BCUT2D eigenvalue weighted by molar-refractivity contribution is -0.118. The largest absolute Gasteiger partial charge is 0.370 e. The van der Waals surface area contributed by atoms with Gasteiger partial charge in [0.1, 0.15) is 0 Å². The van der Waals surface area contributed by atoms with Crippen LogP contribution in [-0.2, 0) is 4.79 Å². The third-order valence-corrected chi connectivity index (χ3v) is 1.76. The van der Waals surface area contributed by atoms with Gasteiger partial charge >= 0.3 is 0 Å². The molecule has 0 fully saturated rings. The van der Waals surface area contributed by atoms with Gasteiger partial charge in [-0.25, -0.2) is 0 Å². The molecule has 3 nitrogen and oxygen atoms in total. The molecule has 0 aromatic carbocycles. The summed E-state index contributed by atoms with van der Waals surface area (Å²) in [6, 6.07) is 0.271. The van der Waals surface area contributed by atoms with Crippen molar-refractivity contribution >= 4 is 5.91 Å². The molecule has 0 aliphatic carbocycles. The van der Waals surface area contributed by atoms with E-state index >= 15 is 0 Å². The first-order valence-corrected chi connectivity index (χ1v) is 4.16. The number of carbonyl (C=O) groups is 1. The predicted molar refractivity (Wildman–Crippen MR) is 46.2 cm³/mol. The SMILES string of the molecule is CCCCC(CC(N)=O)NC. The number of amides is 1. The maximum atomic E-state index is 10.5. The van der Waals surface area contributed by atoms with Crippen LogP contribution in [0.5, 0.6) is 0 Å². The van der Waals surface area contributed by atoms with Gasteiger partial charge in [0.05, 0.1) is 0 Å². The van der Waals surface area contributed by atoms with Crippen LogP contribution >= 0.6 is 0 Å². The Balaban J connectivity index is 3.49. The number of rotatable bonds is 6. The van der Waals surface area contributed by atoms with Crippen molar-refractivity contribution in [3.63, 3.8) is 0 Å². The Labute approximate surface area is 68.3 Å². The molecule has 3 heteroatoms. The standard InChI is InChI=1S/C8H18N2O/c1-3-4-5-7(10-2)6-8(9)11/h7,10H,3-6H2,1-2H3,(H2,9,11). The molecule has 11 heavy (non-hydrogen) atoms. The van der Waals surface area contributed by atoms with E-state index in [0.717, 1.165) is 19.3 Å². The van der Waals surface area contributed by atoms with Crippen molar-refractivity contribution in [3.8, 4) is 0 Å². The van der Waals surface area contributed by atoms with Crippen LogP contribution < -0.4 is 11.1 Å². The Hall–Kier alpha value is -0.570. The maximum absolute atomic E-state index is 10.5. The number of carbonyl (C=O) groups excluding carboxylic acids is 1. The molecule has 1 amide bonds. The summed E-state index contributed by atoms with van der Waals surface area (Å²) < 4.78 is 0. The summed E-state index contributed by atoms with van der Waals surface area (Å²) in [6.45, 7) is 2.14. The first kappa shape index (κ1) is 10.4. The average molecular weight is 158 g/mol. The fraction of sp³-hybridized carbons (Fsp3) is 0.875. The van der Waals surface area contributed by atoms with Crippen LogP contribution in [0.1, 0.15) is 32.6 Å². The zero-order chi connectivity index (χ0) is 8.69. The average Bonchev–Trinajstić information content (AvgIpc) is 1.97. The highest BCUT2D eigenvalue weighted by molar-refractivity contribution is 5.74. The van der Waals surface area contributed by atoms with Gasteiger partial charge in [-0.2, -0.15) is 0 Å². The molecule has 3 N–H and O–H groups in total. The van der Waals surface area contributed by atoms with Gasteiger partial charge in [0.25, 0.3) is 0 Å². The summed E-state index contributed by atoms with van der Waals surface area (Å²) in [7, 11) is 1.86. The molecule has 0 spiro atoms. The van der Waals surface area contributed by atoms with Crippen LogP contribution in [0, 0.1) is 0 Å². The van der Waals surface area contributed by atoms with Crippen LogP contribution in [0.3, 0.4) is 0 Å². The molecule has 1 unspecified atom stereocenters. The lowest BCUT2D eigenvalue weighted by Gasteiger charge is -2.12. The van der Waals surface area contributed by atoms with E-state index in [0.29, 0.717) is 6.42 Å². The minimum atomic E-state index is -0.222. The second kappa shape index (κ2) is 6.16. The van der Waals surface area contributed by atoms with E-state index in [1.807, 2.05) is 7.05 Å². The lowest BCUT2D eigenvalue weighted by Crippen LogP contribution is -2.30. The third-order valence-electron chi connectivity index (χ3n) is 1.76. The number of hydrogen-bond acceptors (Lipinski definition) is 2. The first-order valence-electron chi connectivity index (χ1n) is 4.16. The molecule has 0 aliphatic rings. The van der Waals surface area contributed by atoms with Gasteiger partial charge in [-0.3, -0.25) is 4.79 Å². The van der Waals surface area contributed by atoms with E-state index < -0.39 is 0 Å². The summed E-state index contributed by atoms with van der Waals surface area (Å²) in [5.74, 6) is -0.222. The van der Waals surface area contributed by atoms with Crippen molar-refractivity contribution in [3.05, 3.63) is 0 Å². The van der Waals surface area contributed by atoms with Crippen LogP contribution in [-0.4, -0.2) is 19.0 Å². The van der Waals surface area contributed by atoms with E-state index in [9.17, 15) is 4.79 Å². The van der Waals surface area contributed by atoms with E-state index in [2.05, 4.69) is 12.2 Å². The zero-order valence-corrected chi connectivity index (χ0v) is 7.39.